The molecule has 0 radical (unpaired) electrons. The number of terminal acetylenes is 1. The minimum Gasteiger partial charge on any atom is -0.493 e. The fraction of sp³-hybridized carbons (Fsp3) is 0.500. The lowest BCUT2D eigenvalue weighted by Crippen LogP contribution is -2.27. The Bertz CT molecular complexity index is 468. The molecule has 0 spiro atoms. The molecular weight excluding hydrogens is 318 g/mol. The molecule has 110 valence electrons. The summed E-state index contributed by atoms with van der Waals surface area (Å²) in [6, 6.07) is 4.38. The number of benzene rings is 1. The highest BCUT2D eigenvalue weighted by Gasteiger charge is 2.12. The van der Waals surface area contributed by atoms with Crippen LogP contribution in [0, 0.1) is 12.3 Å². The lowest BCUT2D eigenvalue weighted by atomic mass is 10.1. The van der Waals surface area contributed by atoms with Crippen molar-refractivity contribution in [3.05, 3.63) is 22.2 Å². The maximum atomic E-state index is 5.58. The number of hydrogen-bond donors (Lipinski definition) is 1. The highest BCUT2D eigenvalue weighted by molar-refractivity contribution is 9.10. The molecule has 1 rings (SSSR count). The van der Waals surface area contributed by atoms with Crippen LogP contribution in [0.1, 0.15) is 32.3 Å². The zero-order valence-electron chi connectivity index (χ0n) is 12.3. The van der Waals surface area contributed by atoms with Gasteiger partial charge < -0.3 is 14.8 Å². The fourth-order valence-electron chi connectivity index (χ4n) is 1.92. The van der Waals surface area contributed by atoms with Gasteiger partial charge in [0.05, 0.1) is 18.2 Å². The molecule has 1 unspecified atom stereocenters. The van der Waals surface area contributed by atoms with Crippen LogP contribution in [0.25, 0.3) is 0 Å². The summed E-state index contributed by atoms with van der Waals surface area (Å²) in [6.07, 6.45) is 7.12. The van der Waals surface area contributed by atoms with Gasteiger partial charge in [-0.3, -0.25) is 0 Å². The molecule has 1 aromatic rings. The molecule has 0 aliphatic rings. The van der Waals surface area contributed by atoms with Gasteiger partial charge in [0, 0.05) is 19.0 Å². The van der Waals surface area contributed by atoms with E-state index in [1.165, 1.54) is 0 Å². The Morgan fingerprint density at radius 1 is 1.40 bits per heavy atom. The van der Waals surface area contributed by atoms with Crippen molar-refractivity contribution in [3.63, 3.8) is 0 Å². The summed E-state index contributed by atoms with van der Waals surface area (Å²) in [4.78, 5) is 0. The molecule has 0 aliphatic carbocycles. The standard InChI is InChI=1S/C16H22BrNO2/c1-5-8-13(6-2)18-11-12-9-14(17)16(20-7-3)15(10-12)19-4/h1,9-10,13,18H,6-8,11H2,2-4H3. The molecule has 3 nitrogen and oxygen atoms in total. The Kier molecular flexibility index (Phi) is 7.50. The molecule has 1 N–H and O–H groups in total. The minimum absolute atomic E-state index is 0.344. The number of halogens is 1. The van der Waals surface area contributed by atoms with Crippen LogP contribution in [0.2, 0.25) is 0 Å². The van der Waals surface area contributed by atoms with E-state index >= 15 is 0 Å². The normalized spacial score (nSPS) is 11.8. The number of rotatable bonds is 8. The van der Waals surface area contributed by atoms with Crippen LogP contribution in [0.5, 0.6) is 11.5 Å². The predicted octanol–water partition coefficient (Wildman–Crippen LogP) is 3.75. The van der Waals surface area contributed by atoms with Crippen LogP contribution >= 0.6 is 15.9 Å². The van der Waals surface area contributed by atoms with Gasteiger partial charge in [0.1, 0.15) is 0 Å². The van der Waals surface area contributed by atoms with E-state index in [1.54, 1.807) is 7.11 Å². The van der Waals surface area contributed by atoms with E-state index in [0.717, 1.165) is 40.9 Å². The van der Waals surface area contributed by atoms with Gasteiger partial charge >= 0.3 is 0 Å². The average molecular weight is 340 g/mol. The molecule has 0 amide bonds. The SMILES string of the molecule is C#CCC(CC)NCc1cc(Br)c(OCC)c(OC)c1. The van der Waals surface area contributed by atoms with Crippen LogP contribution in [-0.4, -0.2) is 19.8 Å². The van der Waals surface area contributed by atoms with Crippen LogP contribution in [-0.2, 0) is 6.54 Å². The van der Waals surface area contributed by atoms with Gasteiger partial charge in [-0.15, -0.1) is 12.3 Å². The summed E-state index contributed by atoms with van der Waals surface area (Å²) in [6.45, 7) is 5.44. The summed E-state index contributed by atoms with van der Waals surface area (Å²) in [7, 11) is 1.65. The topological polar surface area (TPSA) is 30.5 Å². The lowest BCUT2D eigenvalue weighted by Gasteiger charge is -2.16. The molecule has 4 heteroatoms. The second kappa shape index (κ2) is 8.89. The lowest BCUT2D eigenvalue weighted by molar-refractivity contribution is 0.308. The third kappa shape index (κ3) is 4.73. The second-order valence-electron chi connectivity index (χ2n) is 4.44. The van der Waals surface area contributed by atoms with Crippen LogP contribution in [0.4, 0.5) is 0 Å². The van der Waals surface area contributed by atoms with Gasteiger partial charge in [0.25, 0.3) is 0 Å². The zero-order chi connectivity index (χ0) is 15.0. The highest BCUT2D eigenvalue weighted by Crippen LogP contribution is 2.36. The van der Waals surface area contributed by atoms with Crippen molar-refractivity contribution in [1.29, 1.82) is 0 Å². The van der Waals surface area contributed by atoms with E-state index < -0.39 is 0 Å². The number of methoxy groups -OCH3 is 1. The fourth-order valence-corrected chi connectivity index (χ4v) is 2.53. The zero-order valence-corrected chi connectivity index (χ0v) is 13.9. The maximum Gasteiger partial charge on any atom is 0.175 e. The summed E-state index contributed by atoms with van der Waals surface area (Å²) < 4.78 is 11.9. The molecule has 0 saturated carbocycles. The number of ether oxygens (including phenoxy) is 2. The van der Waals surface area contributed by atoms with Gasteiger partial charge in [-0.2, -0.15) is 0 Å². The Balaban J connectivity index is 2.81. The van der Waals surface area contributed by atoms with Crippen molar-refractivity contribution in [2.24, 2.45) is 0 Å². The Hall–Kier alpha value is -1.18. The quantitative estimate of drug-likeness (QED) is 0.731. The highest BCUT2D eigenvalue weighted by atomic mass is 79.9. The minimum atomic E-state index is 0.344. The number of nitrogens with one attached hydrogen (secondary N) is 1. The average Bonchev–Trinajstić information content (AvgIpc) is 2.45. The number of hydrogen-bond acceptors (Lipinski definition) is 3. The smallest absolute Gasteiger partial charge is 0.175 e. The van der Waals surface area contributed by atoms with E-state index in [0.29, 0.717) is 12.6 Å². The molecule has 1 atom stereocenters. The second-order valence-corrected chi connectivity index (χ2v) is 5.29. The van der Waals surface area contributed by atoms with Gasteiger partial charge in [-0.25, -0.2) is 0 Å². The van der Waals surface area contributed by atoms with Crippen molar-refractivity contribution in [2.45, 2.75) is 39.3 Å². The van der Waals surface area contributed by atoms with Crippen LogP contribution in [0.3, 0.4) is 0 Å². The van der Waals surface area contributed by atoms with Crippen molar-refractivity contribution in [1.82, 2.24) is 5.32 Å². The van der Waals surface area contributed by atoms with Crippen molar-refractivity contribution >= 4 is 15.9 Å². The first-order valence-electron chi connectivity index (χ1n) is 6.82. The van der Waals surface area contributed by atoms with E-state index in [-0.39, 0.29) is 0 Å². The first-order chi connectivity index (χ1) is 9.65. The molecule has 0 saturated heterocycles. The van der Waals surface area contributed by atoms with Gasteiger partial charge in [-0.1, -0.05) is 6.92 Å². The Labute approximate surface area is 130 Å². The third-order valence-electron chi connectivity index (χ3n) is 3.03. The van der Waals surface area contributed by atoms with E-state index in [9.17, 15) is 0 Å². The Morgan fingerprint density at radius 2 is 2.15 bits per heavy atom. The molecule has 0 fully saturated rings. The summed E-state index contributed by atoms with van der Waals surface area (Å²) in [5, 5.41) is 3.46. The summed E-state index contributed by atoms with van der Waals surface area (Å²) >= 11 is 3.53. The molecular formula is C16H22BrNO2. The third-order valence-corrected chi connectivity index (χ3v) is 3.62. The summed E-state index contributed by atoms with van der Waals surface area (Å²) in [5.74, 6) is 4.18. The van der Waals surface area contributed by atoms with Gasteiger partial charge in [0.2, 0.25) is 0 Å². The molecule has 1 aromatic carbocycles. The van der Waals surface area contributed by atoms with Crippen LogP contribution in [0.15, 0.2) is 16.6 Å². The van der Waals surface area contributed by atoms with E-state index in [4.69, 9.17) is 15.9 Å². The molecule has 0 heterocycles. The largest absolute Gasteiger partial charge is 0.493 e. The molecule has 20 heavy (non-hydrogen) atoms. The summed E-state index contributed by atoms with van der Waals surface area (Å²) in [5.41, 5.74) is 1.13. The van der Waals surface area contributed by atoms with Crippen molar-refractivity contribution < 1.29 is 9.47 Å². The molecule has 0 aromatic heterocycles. The first-order valence-corrected chi connectivity index (χ1v) is 7.61. The maximum absolute atomic E-state index is 5.58. The van der Waals surface area contributed by atoms with Gasteiger partial charge in [-0.05, 0) is 47.0 Å². The predicted molar refractivity (Wildman–Crippen MR) is 86.2 cm³/mol. The van der Waals surface area contributed by atoms with Gasteiger partial charge in [0.15, 0.2) is 11.5 Å². The van der Waals surface area contributed by atoms with Crippen molar-refractivity contribution in [2.75, 3.05) is 13.7 Å². The van der Waals surface area contributed by atoms with Crippen molar-refractivity contribution in [3.8, 4) is 23.8 Å². The molecule has 0 bridgehead atoms. The Morgan fingerprint density at radius 3 is 2.70 bits per heavy atom. The monoisotopic (exact) mass is 339 g/mol. The van der Waals surface area contributed by atoms with E-state index in [1.807, 2.05) is 19.1 Å². The van der Waals surface area contributed by atoms with Crippen LogP contribution < -0.4 is 14.8 Å². The first kappa shape index (κ1) is 16.9. The van der Waals surface area contributed by atoms with E-state index in [2.05, 4.69) is 34.1 Å². The molecule has 0 aliphatic heterocycles.